The number of nitrogen functional groups attached to an aromatic ring is 1. The Morgan fingerprint density at radius 1 is 1.37 bits per heavy atom. The molecule has 2 aromatic heterocycles. The summed E-state index contributed by atoms with van der Waals surface area (Å²) in [5.74, 6) is 8.35. The predicted octanol–water partition coefficient (Wildman–Crippen LogP) is 2.87. The van der Waals surface area contributed by atoms with Crippen LogP contribution in [0.25, 0.3) is 0 Å². The summed E-state index contributed by atoms with van der Waals surface area (Å²) in [6, 6.07) is 6.25. The van der Waals surface area contributed by atoms with Crippen molar-refractivity contribution in [3.63, 3.8) is 0 Å². The summed E-state index contributed by atoms with van der Waals surface area (Å²) in [4.78, 5) is 10.3. The van der Waals surface area contributed by atoms with E-state index < -0.39 is 0 Å². The van der Waals surface area contributed by atoms with Gasteiger partial charge in [0, 0.05) is 16.9 Å². The molecule has 2 aromatic rings. The van der Waals surface area contributed by atoms with Crippen LogP contribution in [0.4, 0.5) is 11.6 Å². The van der Waals surface area contributed by atoms with Gasteiger partial charge >= 0.3 is 0 Å². The number of nitrogens with one attached hydrogen (secondary N) is 2. The minimum Gasteiger partial charge on any atom is -0.363 e. The highest BCUT2D eigenvalue weighted by molar-refractivity contribution is 7.10. The molecule has 1 unspecified atom stereocenters. The largest absolute Gasteiger partial charge is 0.363 e. The summed E-state index contributed by atoms with van der Waals surface area (Å²) in [5, 5.41) is 5.49. The van der Waals surface area contributed by atoms with Crippen molar-refractivity contribution in [3.8, 4) is 0 Å². The fraction of sp³-hybridized carbons (Fsp3) is 0.385. The van der Waals surface area contributed by atoms with Crippen LogP contribution in [0.15, 0.2) is 23.6 Å². The van der Waals surface area contributed by atoms with Gasteiger partial charge in [-0.3, -0.25) is 0 Å². The quantitative estimate of drug-likeness (QED) is 0.578. The molecule has 0 amide bonds. The van der Waals surface area contributed by atoms with E-state index >= 15 is 0 Å². The average Bonchev–Trinajstić information content (AvgIpc) is 3.13. The van der Waals surface area contributed by atoms with Crippen LogP contribution in [0.1, 0.15) is 42.4 Å². The van der Waals surface area contributed by atoms with Gasteiger partial charge in [0.05, 0.1) is 6.04 Å². The monoisotopic (exact) mass is 275 g/mol. The topological polar surface area (TPSA) is 75.9 Å². The van der Waals surface area contributed by atoms with Gasteiger partial charge in [-0.15, -0.1) is 11.3 Å². The lowest BCUT2D eigenvalue weighted by molar-refractivity contribution is 0.868. The fourth-order valence-corrected chi connectivity index (χ4v) is 2.70. The lowest BCUT2D eigenvalue weighted by Crippen LogP contribution is -2.13. The van der Waals surface area contributed by atoms with E-state index in [-0.39, 0.29) is 6.04 Å². The number of hydrazine groups is 1. The highest BCUT2D eigenvalue weighted by Gasteiger charge is 2.27. The first kappa shape index (κ1) is 12.4. The first-order valence-corrected chi connectivity index (χ1v) is 7.30. The maximum atomic E-state index is 5.47. The standard InChI is InChI=1S/C13H17N5S/c1-8(10-3-2-6-19-10)15-11-7-12(18-14)17-13(16-11)9-4-5-9/h2-3,6-9H,4-5,14H2,1H3,(H2,15,16,17,18). The minimum absolute atomic E-state index is 0.229. The molecule has 0 spiro atoms. The van der Waals surface area contributed by atoms with E-state index in [0.717, 1.165) is 11.6 Å². The second-order valence-corrected chi connectivity index (χ2v) is 5.78. The van der Waals surface area contributed by atoms with Gasteiger partial charge in [0.25, 0.3) is 0 Å². The molecule has 0 aliphatic heterocycles. The van der Waals surface area contributed by atoms with Gasteiger partial charge in [-0.05, 0) is 31.2 Å². The molecule has 1 fully saturated rings. The van der Waals surface area contributed by atoms with Crippen LogP contribution in [-0.2, 0) is 0 Å². The van der Waals surface area contributed by atoms with E-state index in [0.29, 0.717) is 11.7 Å². The van der Waals surface area contributed by atoms with Gasteiger partial charge in [-0.25, -0.2) is 15.8 Å². The van der Waals surface area contributed by atoms with Crippen molar-refractivity contribution >= 4 is 23.0 Å². The van der Waals surface area contributed by atoms with E-state index in [4.69, 9.17) is 5.84 Å². The predicted molar refractivity (Wildman–Crippen MR) is 78.2 cm³/mol. The maximum absolute atomic E-state index is 5.47. The zero-order valence-electron chi connectivity index (χ0n) is 10.8. The molecule has 5 nitrogen and oxygen atoms in total. The number of hydrogen-bond donors (Lipinski definition) is 3. The zero-order valence-corrected chi connectivity index (χ0v) is 11.6. The lowest BCUT2D eigenvalue weighted by atomic mass is 10.2. The lowest BCUT2D eigenvalue weighted by Gasteiger charge is -2.14. The van der Waals surface area contributed by atoms with Gasteiger partial charge in [0.15, 0.2) is 0 Å². The third-order valence-corrected chi connectivity index (χ3v) is 4.22. The molecule has 1 saturated carbocycles. The zero-order chi connectivity index (χ0) is 13.2. The minimum atomic E-state index is 0.229. The second kappa shape index (κ2) is 5.14. The summed E-state index contributed by atoms with van der Waals surface area (Å²) in [6.07, 6.45) is 2.35. The first-order chi connectivity index (χ1) is 9.26. The normalized spacial score (nSPS) is 16.1. The van der Waals surface area contributed by atoms with Crippen LogP contribution in [-0.4, -0.2) is 9.97 Å². The van der Waals surface area contributed by atoms with Crippen molar-refractivity contribution in [1.82, 2.24) is 9.97 Å². The molecule has 6 heteroatoms. The van der Waals surface area contributed by atoms with Crippen LogP contribution in [0.5, 0.6) is 0 Å². The SMILES string of the molecule is CC(Nc1cc(NN)nc(C2CC2)n1)c1cccs1. The Balaban J connectivity index is 1.81. The van der Waals surface area contributed by atoms with Crippen molar-refractivity contribution in [3.05, 3.63) is 34.3 Å². The van der Waals surface area contributed by atoms with Gasteiger partial charge in [-0.1, -0.05) is 6.07 Å². The van der Waals surface area contributed by atoms with Crippen LogP contribution in [0, 0.1) is 0 Å². The van der Waals surface area contributed by atoms with Crippen LogP contribution >= 0.6 is 11.3 Å². The smallest absolute Gasteiger partial charge is 0.145 e. The molecule has 4 N–H and O–H groups in total. The summed E-state index contributed by atoms with van der Waals surface area (Å²) < 4.78 is 0. The molecular weight excluding hydrogens is 258 g/mol. The number of anilines is 2. The average molecular weight is 275 g/mol. The highest BCUT2D eigenvalue weighted by atomic mass is 32.1. The Labute approximate surface area is 116 Å². The Morgan fingerprint density at radius 3 is 2.79 bits per heavy atom. The van der Waals surface area contributed by atoms with Crippen molar-refractivity contribution in [2.24, 2.45) is 5.84 Å². The van der Waals surface area contributed by atoms with Crippen LogP contribution in [0.2, 0.25) is 0 Å². The number of nitrogens with zero attached hydrogens (tertiary/aromatic N) is 2. The molecule has 0 aromatic carbocycles. The third-order valence-electron chi connectivity index (χ3n) is 3.17. The molecule has 0 radical (unpaired) electrons. The Bertz CT molecular complexity index is 550. The summed E-state index contributed by atoms with van der Waals surface area (Å²) in [5.41, 5.74) is 2.61. The molecule has 1 aliphatic rings. The molecule has 0 bridgehead atoms. The number of hydrogen-bond acceptors (Lipinski definition) is 6. The maximum Gasteiger partial charge on any atom is 0.145 e. The Kier molecular flexibility index (Phi) is 3.35. The van der Waals surface area contributed by atoms with Gasteiger partial charge < -0.3 is 10.7 Å². The third kappa shape index (κ3) is 2.85. The highest BCUT2D eigenvalue weighted by Crippen LogP contribution is 2.39. The van der Waals surface area contributed by atoms with Crippen LogP contribution in [0.3, 0.4) is 0 Å². The van der Waals surface area contributed by atoms with Gasteiger partial charge in [0.1, 0.15) is 17.5 Å². The van der Waals surface area contributed by atoms with Crippen molar-refractivity contribution in [1.29, 1.82) is 0 Å². The summed E-state index contributed by atoms with van der Waals surface area (Å²) >= 11 is 1.74. The summed E-state index contributed by atoms with van der Waals surface area (Å²) in [7, 11) is 0. The number of aromatic nitrogens is 2. The Morgan fingerprint density at radius 2 is 2.16 bits per heavy atom. The molecule has 3 rings (SSSR count). The molecule has 2 heterocycles. The van der Waals surface area contributed by atoms with E-state index in [1.807, 2.05) is 6.07 Å². The fourth-order valence-electron chi connectivity index (χ4n) is 1.97. The number of thiophene rings is 1. The van der Waals surface area contributed by atoms with E-state index in [1.54, 1.807) is 11.3 Å². The first-order valence-electron chi connectivity index (χ1n) is 6.42. The molecule has 19 heavy (non-hydrogen) atoms. The number of nitrogens with two attached hydrogens (primary N) is 1. The van der Waals surface area contributed by atoms with E-state index in [1.165, 1.54) is 17.7 Å². The summed E-state index contributed by atoms with van der Waals surface area (Å²) in [6.45, 7) is 2.13. The van der Waals surface area contributed by atoms with Crippen molar-refractivity contribution < 1.29 is 0 Å². The van der Waals surface area contributed by atoms with Crippen molar-refractivity contribution in [2.75, 3.05) is 10.7 Å². The molecule has 100 valence electrons. The molecular formula is C13H17N5S. The molecule has 0 saturated heterocycles. The van der Waals surface area contributed by atoms with Crippen molar-refractivity contribution in [2.45, 2.75) is 31.7 Å². The van der Waals surface area contributed by atoms with E-state index in [9.17, 15) is 0 Å². The van der Waals surface area contributed by atoms with Gasteiger partial charge in [0.2, 0.25) is 0 Å². The van der Waals surface area contributed by atoms with E-state index in [2.05, 4.69) is 45.1 Å². The molecule has 1 aliphatic carbocycles. The Hall–Kier alpha value is -1.66. The second-order valence-electron chi connectivity index (χ2n) is 4.80. The number of rotatable bonds is 5. The van der Waals surface area contributed by atoms with Gasteiger partial charge in [-0.2, -0.15) is 0 Å². The van der Waals surface area contributed by atoms with Crippen LogP contribution < -0.4 is 16.6 Å². The molecule has 1 atom stereocenters.